The first kappa shape index (κ1) is 25.0. The Labute approximate surface area is 205 Å². The zero-order chi connectivity index (χ0) is 24.6. The van der Waals surface area contributed by atoms with E-state index in [0.717, 1.165) is 43.6 Å². The molecule has 1 aliphatic rings. The van der Waals surface area contributed by atoms with Gasteiger partial charge in [-0.1, -0.05) is 6.92 Å². The van der Waals surface area contributed by atoms with Gasteiger partial charge in [0.2, 0.25) is 5.88 Å². The van der Waals surface area contributed by atoms with Crippen molar-refractivity contribution in [3.8, 4) is 17.1 Å². The van der Waals surface area contributed by atoms with Crippen LogP contribution in [0.1, 0.15) is 19.8 Å². The van der Waals surface area contributed by atoms with Gasteiger partial charge in [-0.15, -0.1) is 0 Å². The Kier molecular flexibility index (Phi) is 8.62. The fourth-order valence-electron chi connectivity index (χ4n) is 4.25. The topological polar surface area (TPSA) is 106 Å². The molecule has 10 nitrogen and oxygen atoms in total. The van der Waals surface area contributed by atoms with Gasteiger partial charge < -0.3 is 24.0 Å². The highest BCUT2D eigenvalue weighted by atomic mass is 16.5. The van der Waals surface area contributed by atoms with E-state index in [-0.39, 0.29) is 12.2 Å². The Morgan fingerprint density at radius 1 is 1.06 bits per heavy atom. The lowest BCUT2D eigenvalue weighted by atomic mass is 10.2. The van der Waals surface area contributed by atoms with E-state index in [1.165, 1.54) is 0 Å². The molecule has 0 radical (unpaired) electrons. The van der Waals surface area contributed by atoms with Crippen molar-refractivity contribution in [1.29, 1.82) is 0 Å². The number of rotatable bonds is 11. The molecule has 0 saturated carbocycles. The Hall–Kier alpha value is -3.08. The molecule has 1 aliphatic heterocycles. The summed E-state index contributed by atoms with van der Waals surface area (Å²) in [5.74, 6) is 0.984. The van der Waals surface area contributed by atoms with Gasteiger partial charge in [-0.25, -0.2) is 9.97 Å². The summed E-state index contributed by atoms with van der Waals surface area (Å²) in [6, 6.07) is 5.57. The number of hydrogen-bond acceptors (Lipinski definition) is 9. The third-order valence-corrected chi connectivity index (χ3v) is 6.17. The molecule has 1 N–H and O–H groups in total. The van der Waals surface area contributed by atoms with E-state index in [9.17, 15) is 4.79 Å². The summed E-state index contributed by atoms with van der Waals surface area (Å²) in [7, 11) is 1.58. The molecule has 0 aliphatic carbocycles. The fourth-order valence-corrected chi connectivity index (χ4v) is 4.25. The van der Waals surface area contributed by atoms with Gasteiger partial charge in [-0.2, -0.15) is 0 Å². The minimum atomic E-state index is -0.119. The van der Waals surface area contributed by atoms with Gasteiger partial charge in [0.1, 0.15) is 5.52 Å². The molecule has 0 unspecified atom stereocenters. The molecule has 188 valence electrons. The number of fused-ring (bicyclic) bond motifs is 1. The number of anilines is 1. The van der Waals surface area contributed by atoms with Crippen LogP contribution < -0.4 is 15.2 Å². The number of hydrogen-bond donors (Lipinski definition) is 1. The predicted octanol–water partition coefficient (Wildman–Crippen LogP) is 1.79. The van der Waals surface area contributed by atoms with E-state index in [1.807, 2.05) is 12.1 Å². The highest BCUT2D eigenvalue weighted by molar-refractivity contribution is 5.80. The van der Waals surface area contributed by atoms with Crippen LogP contribution in [0, 0.1) is 0 Å². The first-order valence-corrected chi connectivity index (χ1v) is 12.2. The Bertz CT molecular complexity index is 1160. The summed E-state index contributed by atoms with van der Waals surface area (Å²) in [4.78, 5) is 31.6. The number of nitrogens with zero attached hydrogens (tertiary/aromatic N) is 6. The fraction of sp³-hybridized carbons (Fsp3) is 0.520. The van der Waals surface area contributed by atoms with Crippen LogP contribution in [0.15, 0.2) is 35.4 Å². The van der Waals surface area contributed by atoms with Crippen molar-refractivity contribution in [2.45, 2.75) is 26.3 Å². The van der Waals surface area contributed by atoms with Crippen LogP contribution in [-0.2, 0) is 11.3 Å². The quantitative estimate of drug-likeness (QED) is 0.410. The zero-order valence-electron chi connectivity index (χ0n) is 20.5. The molecule has 0 spiro atoms. The molecule has 0 atom stereocenters. The average Bonchev–Trinajstić information content (AvgIpc) is 2.91. The molecule has 0 aromatic carbocycles. The second-order valence-electron chi connectivity index (χ2n) is 8.56. The van der Waals surface area contributed by atoms with Crippen LogP contribution in [0.5, 0.6) is 5.88 Å². The SMILES string of the molecule is CCCOCCn1c(=O)c(N2CCN(CCCO)CC2)nc2cnc(-c3ccc(OC)nc3)cc21. The van der Waals surface area contributed by atoms with Gasteiger partial charge in [-0.05, 0) is 25.0 Å². The predicted molar refractivity (Wildman–Crippen MR) is 135 cm³/mol. The van der Waals surface area contributed by atoms with E-state index in [2.05, 4.69) is 26.7 Å². The third kappa shape index (κ3) is 5.95. The van der Waals surface area contributed by atoms with Crippen molar-refractivity contribution in [2.24, 2.45) is 0 Å². The van der Waals surface area contributed by atoms with Crippen LogP contribution >= 0.6 is 0 Å². The maximum Gasteiger partial charge on any atom is 0.294 e. The van der Waals surface area contributed by atoms with Crippen LogP contribution in [0.2, 0.25) is 0 Å². The zero-order valence-corrected chi connectivity index (χ0v) is 20.5. The van der Waals surface area contributed by atoms with Crippen molar-refractivity contribution in [3.63, 3.8) is 0 Å². The van der Waals surface area contributed by atoms with Crippen LogP contribution in [-0.4, -0.2) is 89.2 Å². The Morgan fingerprint density at radius 3 is 2.57 bits per heavy atom. The van der Waals surface area contributed by atoms with Gasteiger partial charge in [0.05, 0.1) is 31.1 Å². The van der Waals surface area contributed by atoms with Gasteiger partial charge in [0.15, 0.2) is 5.82 Å². The number of methoxy groups -OCH3 is 1. The van der Waals surface area contributed by atoms with Crippen LogP contribution in [0.3, 0.4) is 0 Å². The lowest BCUT2D eigenvalue weighted by Crippen LogP contribution is -2.49. The second-order valence-corrected chi connectivity index (χ2v) is 8.56. The first-order chi connectivity index (χ1) is 17.1. The van der Waals surface area contributed by atoms with Gasteiger partial charge >= 0.3 is 0 Å². The van der Waals surface area contributed by atoms with Crippen molar-refractivity contribution >= 4 is 16.9 Å². The summed E-state index contributed by atoms with van der Waals surface area (Å²) in [6.45, 7) is 7.76. The van der Waals surface area contributed by atoms with Crippen molar-refractivity contribution < 1.29 is 14.6 Å². The van der Waals surface area contributed by atoms with Gasteiger partial charge in [0.25, 0.3) is 5.56 Å². The average molecular weight is 483 g/mol. The molecular formula is C25H34N6O4. The molecule has 3 aromatic heterocycles. The van der Waals surface area contributed by atoms with E-state index in [1.54, 1.807) is 30.1 Å². The molecule has 4 heterocycles. The molecule has 10 heteroatoms. The first-order valence-electron chi connectivity index (χ1n) is 12.2. The third-order valence-electron chi connectivity index (χ3n) is 6.17. The van der Waals surface area contributed by atoms with E-state index < -0.39 is 0 Å². The Morgan fingerprint density at radius 2 is 1.89 bits per heavy atom. The lowest BCUT2D eigenvalue weighted by Gasteiger charge is -2.35. The number of aliphatic hydroxyl groups excluding tert-OH is 1. The van der Waals surface area contributed by atoms with Crippen LogP contribution in [0.25, 0.3) is 22.3 Å². The van der Waals surface area contributed by atoms with E-state index in [0.29, 0.717) is 55.8 Å². The summed E-state index contributed by atoms with van der Waals surface area (Å²) in [5.41, 5.74) is 2.81. The molecule has 0 amide bonds. The molecule has 35 heavy (non-hydrogen) atoms. The van der Waals surface area contributed by atoms with E-state index >= 15 is 0 Å². The van der Waals surface area contributed by atoms with Gasteiger partial charge in [-0.3, -0.25) is 14.7 Å². The van der Waals surface area contributed by atoms with Crippen molar-refractivity contribution in [3.05, 3.63) is 40.9 Å². The standard InChI is InChI=1S/C25H34N6O4/c1-3-14-35-15-12-31-22-16-20(19-5-6-23(34-2)27-17-19)26-18-21(22)28-24(25(31)33)30-10-8-29(9-11-30)7-4-13-32/h5-6,16-18,32H,3-4,7-15H2,1-2H3. The molecule has 3 aromatic rings. The number of pyridine rings is 2. The maximum absolute atomic E-state index is 13.6. The number of ether oxygens (including phenoxy) is 2. The molecule has 1 fully saturated rings. The monoisotopic (exact) mass is 482 g/mol. The summed E-state index contributed by atoms with van der Waals surface area (Å²) in [6.07, 6.45) is 5.11. The van der Waals surface area contributed by atoms with Gasteiger partial charge in [0, 0.05) is 70.3 Å². The Balaban J connectivity index is 1.67. The molecular weight excluding hydrogens is 448 g/mol. The second kappa shape index (κ2) is 12.1. The number of aliphatic hydroxyl groups is 1. The minimum Gasteiger partial charge on any atom is -0.481 e. The van der Waals surface area contributed by atoms with E-state index in [4.69, 9.17) is 19.6 Å². The maximum atomic E-state index is 13.6. The van der Waals surface area contributed by atoms with Crippen LogP contribution in [0.4, 0.5) is 5.82 Å². The molecule has 4 rings (SSSR count). The lowest BCUT2D eigenvalue weighted by molar-refractivity contribution is 0.127. The number of piperazine rings is 1. The minimum absolute atomic E-state index is 0.119. The molecule has 0 bridgehead atoms. The normalized spacial score (nSPS) is 14.5. The summed E-state index contributed by atoms with van der Waals surface area (Å²) < 4.78 is 12.6. The highest BCUT2D eigenvalue weighted by Crippen LogP contribution is 2.23. The summed E-state index contributed by atoms with van der Waals surface area (Å²) in [5, 5.41) is 9.10. The molecule has 1 saturated heterocycles. The largest absolute Gasteiger partial charge is 0.481 e. The van der Waals surface area contributed by atoms with Crippen molar-refractivity contribution in [1.82, 2.24) is 24.4 Å². The number of aromatic nitrogens is 4. The summed E-state index contributed by atoms with van der Waals surface area (Å²) >= 11 is 0. The highest BCUT2D eigenvalue weighted by Gasteiger charge is 2.22. The van der Waals surface area contributed by atoms with Crippen molar-refractivity contribution in [2.75, 3.05) is 64.6 Å². The smallest absolute Gasteiger partial charge is 0.294 e.